The molecule has 4 fully saturated rings. The monoisotopic (exact) mass is 1030 g/mol. The topological polar surface area (TPSA) is 148 Å². The Kier molecular flexibility index (Phi) is 14.0. The molecule has 4 saturated carbocycles. The number of carbonyl (C=O) groups excluding carboxylic acids is 4. The van der Waals surface area contributed by atoms with E-state index >= 15 is 0 Å². The molecule has 12 heteroatoms. The molecule has 8 rings (SSSR count). The predicted octanol–water partition coefficient (Wildman–Crippen LogP) is 12.1. The zero-order valence-electron chi connectivity index (χ0n) is 39.9. The summed E-state index contributed by atoms with van der Waals surface area (Å²) >= 11 is 7.37. The van der Waals surface area contributed by atoms with E-state index in [-0.39, 0.29) is 69.0 Å². The van der Waals surface area contributed by atoms with Gasteiger partial charge in [0.05, 0.1) is 33.3 Å². The van der Waals surface area contributed by atoms with Gasteiger partial charge in [0.15, 0.2) is 11.5 Å². The summed E-state index contributed by atoms with van der Waals surface area (Å²) in [6, 6.07) is 13.5. The fraction of sp³-hybridized carbons (Fsp3) is 0.593. The molecule has 8 atom stereocenters. The van der Waals surface area contributed by atoms with Gasteiger partial charge >= 0.3 is 12.2 Å². The van der Waals surface area contributed by atoms with E-state index in [9.17, 15) is 24.3 Å². The van der Waals surface area contributed by atoms with Gasteiger partial charge < -0.3 is 25.2 Å². The number of quaternary nitrogens is 1. The second kappa shape index (κ2) is 19.0. The summed E-state index contributed by atoms with van der Waals surface area (Å²) < 4.78 is 13.2. The lowest BCUT2D eigenvalue weighted by Gasteiger charge is -2.59. The van der Waals surface area contributed by atoms with Crippen molar-refractivity contribution in [2.75, 3.05) is 19.8 Å². The zero-order chi connectivity index (χ0) is 47.3. The Morgan fingerprint density at radius 2 is 1.53 bits per heavy atom. The second-order valence-corrected chi connectivity index (χ2v) is 24.6. The van der Waals surface area contributed by atoms with E-state index < -0.39 is 6.09 Å². The van der Waals surface area contributed by atoms with Crippen LogP contribution < -0.4 is 16.0 Å². The van der Waals surface area contributed by atoms with Gasteiger partial charge in [-0.2, -0.15) is 0 Å². The molecular formula is C54H70Br2N3O7+. The first-order valence-electron chi connectivity index (χ1n) is 24.4. The van der Waals surface area contributed by atoms with Crippen molar-refractivity contribution in [1.82, 2.24) is 10.6 Å². The summed E-state index contributed by atoms with van der Waals surface area (Å²) in [5.74, 6) is 3.17. The molecule has 0 aromatic heterocycles. The van der Waals surface area contributed by atoms with Gasteiger partial charge in [-0.3, -0.25) is 14.9 Å². The van der Waals surface area contributed by atoms with Crippen LogP contribution in [0.15, 0.2) is 57.5 Å². The Morgan fingerprint density at radius 1 is 0.833 bits per heavy atom. The molecule has 0 saturated heterocycles. The molecule has 5 N–H and O–H groups in total. The smallest absolute Gasteiger partial charge is 0.407 e. The Hall–Kier alpha value is -3.74. The number of amides is 2. The molecule has 2 amide bonds. The van der Waals surface area contributed by atoms with Crippen LogP contribution in [-0.2, 0) is 15.9 Å². The van der Waals surface area contributed by atoms with Crippen LogP contribution >= 0.6 is 31.9 Å². The number of rotatable bonds is 11. The summed E-state index contributed by atoms with van der Waals surface area (Å²) in [6.45, 7) is 17.4. The number of ketones is 2. The number of fused-ring (bicyclic) bond motifs is 5. The fourth-order valence-electron chi connectivity index (χ4n) is 13.6. The van der Waals surface area contributed by atoms with Crippen molar-refractivity contribution in [2.45, 2.75) is 132 Å². The van der Waals surface area contributed by atoms with Crippen LogP contribution in [0.2, 0.25) is 0 Å². The normalized spacial score (nSPS) is 30.1. The molecule has 0 radical (unpaired) electrons. The molecule has 0 aliphatic heterocycles. The third kappa shape index (κ3) is 10.2. The number of phenolic OH excluding ortho intramolecular Hbond substituents is 1. The molecule has 0 spiro atoms. The first-order valence-corrected chi connectivity index (χ1v) is 26.0. The quantitative estimate of drug-likeness (QED) is 0.0864. The highest BCUT2D eigenvalue weighted by molar-refractivity contribution is 9.11. The Bertz CT molecular complexity index is 2360. The molecule has 66 heavy (non-hydrogen) atoms. The minimum absolute atomic E-state index is 0.000262. The van der Waals surface area contributed by atoms with Gasteiger partial charge in [0.2, 0.25) is 5.78 Å². The van der Waals surface area contributed by atoms with Gasteiger partial charge in [-0.25, -0.2) is 9.59 Å². The minimum Gasteiger partial charge on any atom is -0.507 e. The van der Waals surface area contributed by atoms with Crippen molar-refractivity contribution < 1.29 is 39.1 Å². The van der Waals surface area contributed by atoms with Crippen molar-refractivity contribution in [2.24, 2.45) is 51.2 Å². The highest BCUT2D eigenvalue weighted by atomic mass is 79.9. The maximum Gasteiger partial charge on any atom is 0.407 e. The summed E-state index contributed by atoms with van der Waals surface area (Å²) in [5, 5.41) is 18.7. The van der Waals surface area contributed by atoms with Crippen LogP contribution in [-0.4, -0.2) is 54.7 Å². The van der Waals surface area contributed by atoms with Gasteiger partial charge in [-0.15, -0.1) is 0 Å². The molecule has 5 aliphatic carbocycles. The van der Waals surface area contributed by atoms with E-state index in [1.54, 1.807) is 30.3 Å². The molecule has 0 heterocycles. The number of alkyl carbamates (subject to hydrolysis) is 2. The number of benzene rings is 3. The predicted molar refractivity (Wildman–Crippen MR) is 264 cm³/mol. The molecule has 10 nitrogen and oxygen atoms in total. The van der Waals surface area contributed by atoms with Crippen LogP contribution in [0.4, 0.5) is 21.0 Å². The van der Waals surface area contributed by atoms with Crippen LogP contribution in [0.25, 0.3) is 0 Å². The first kappa shape index (κ1) is 48.7. The standard InChI is InChI=1S/C54H69Br2N3O7/c1-31(2)33-13-15-39-34(24-33)12-14-35-25-52(5,19-20-54(35,39)7)30-66-49(63)57-29-53(6)27-36(26-51(3,4)28-53)58-50(64)65-21-18-32-22-40(55)46(41(56)23-32)59-42-16-17-43(60)45-44(42)47(61)37-10-8-9-11-38(37)48(45)62/h8-11,16-17,22-23,31,33-36,39,59-60H,12-15,18-21,24-30H2,1-7H3,(H,57,63)(H,58,64)/p+1. The molecule has 3 aromatic carbocycles. The van der Waals surface area contributed by atoms with E-state index in [4.69, 9.17) is 9.47 Å². The summed E-state index contributed by atoms with van der Waals surface area (Å²) in [7, 11) is 0. The van der Waals surface area contributed by atoms with Crippen LogP contribution in [0.1, 0.15) is 157 Å². The van der Waals surface area contributed by atoms with E-state index in [0.717, 1.165) is 69.6 Å². The van der Waals surface area contributed by atoms with Crippen LogP contribution in [0, 0.1) is 51.2 Å². The van der Waals surface area contributed by atoms with Gasteiger partial charge in [-0.05, 0) is 172 Å². The number of halogens is 2. The molecule has 8 unspecified atom stereocenters. The van der Waals surface area contributed by atoms with Gasteiger partial charge in [0, 0.05) is 41.6 Å². The van der Waals surface area contributed by atoms with Crippen molar-refractivity contribution in [3.8, 4) is 5.75 Å². The molecule has 5 aliphatic rings. The van der Waals surface area contributed by atoms with E-state index in [2.05, 4.69) is 91.0 Å². The molecule has 0 bridgehead atoms. The average molecular weight is 1030 g/mol. The number of nitrogens with one attached hydrogen (secondary N) is 2. The number of aromatic hydroxyl groups is 1. The SMILES string of the molecule is CC(C)C1CCC2C(CCC3CC(C)(COC(=O)NCC4(C)CC(NC(=O)OCCc5cc(Br)c([NH2+]c6ccc(O)c7c6C(=O)c6ccccc6C7=O)c(Br)c5)CC(C)(C)C4)CCC32C)C1. The van der Waals surface area contributed by atoms with Crippen LogP contribution in [0.5, 0.6) is 5.75 Å². The van der Waals surface area contributed by atoms with Crippen molar-refractivity contribution in [3.05, 3.63) is 85.3 Å². The Balaban J connectivity index is 0.801. The number of carbonyl (C=O) groups is 4. The Morgan fingerprint density at radius 3 is 2.23 bits per heavy atom. The van der Waals surface area contributed by atoms with Crippen LogP contribution in [0.3, 0.4) is 0 Å². The van der Waals surface area contributed by atoms with E-state index in [1.807, 2.05) is 17.4 Å². The number of hydrogen-bond donors (Lipinski definition) is 4. The first-order chi connectivity index (χ1) is 31.2. The highest BCUT2D eigenvalue weighted by Crippen LogP contribution is 2.63. The lowest BCUT2D eigenvalue weighted by Crippen LogP contribution is -2.72. The number of hydrogen-bond acceptors (Lipinski definition) is 7. The number of ether oxygens (including phenoxy) is 2. The van der Waals surface area contributed by atoms with Gasteiger partial charge in [-0.1, -0.05) is 72.7 Å². The van der Waals surface area contributed by atoms with Gasteiger partial charge in [0.1, 0.15) is 11.4 Å². The Labute approximate surface area is 408 Å². The highest BCUT2D eigenvalue weighted by Gasteiger charge is 2.54. The fourth-order valence-corrected chi connectivity index (χ4v) is 15.1. The molecular weight excluding hydrogens is 962 g/mol. The molecule has 3 aromatic rings. The third-order valence-electron chi connectivity index (χ3n) is 16.8. The lowest BCUT2D eigenvalue weighted by atomic mass is 9.46. The lowest BCUT2D eigenvalue weighted by molar-refractivity contribution is -0.480. The largest absolute Gasteiger partial charge is 0.507 e. The minimum atomic E-state index is -0.470. The third-order valence-corrected chi connectivity index (χ3v) is 18.1. The van der Waals surface area contributed by atoms with Crippen molar-refractivity contribution in [1.29, 1.82) is 0 Å². The summed E-state index contributed by atoms with van der Waals surface area (Å²) in [5.41, 5.74) is 3.04. The van der Waals surface area contributed by atoms with E-state index in [1.165, 1.54) is 44.6 Å². The summed E-state index contributed by atoms with van der Waals surface area (Å²) in [6.07, 6.45) is 12.4. The van der Waals surface area contributed by atoms with Gasteiger partial charge in [0.25, 0.3) is 0 Å². The summed E-state index contributed by atoms with van der Waals surface area (Å²) in [4.78, 5) is 53.5. The number of nitrogens with two attached hydrogens (primary N) is 1. The maximum atomic E-state index is 13.6. The maximum absolute atomic E-state index is 13.6. The van der Waals surface area contributed by atoms with Crippen molar-refractivity contribution in [3.63, 3.8) is 0 Å². The van der Waals surface area contributed by atoms with Crippen molar-refractivity contribution >= 4 is 67.0 Å². The zero-order valence-corrected chi connectivity index (χ0v) is 43.1. The second-order valence-electron chi connectivity index (χ2n) is 22.9. The van der Waals surface area contributed by atoms with E-state index in [0.29, 0.717) is 48.6 Å². The number of phenols is 1. The average Bonchev–Trinajstić information content (AvgIpc) is 3.25. The molecule has 356 valence electrons.